The highest BCUT2D eigenvalue weighted by Gasteiger charge is 2.45. The number of rotatable bonds is 4. The van der Waals surface area contributed by atoms with Crippen molar-refractivity contribution < 1.29 is 8.42 Å². The van der Waals surface area contributed by atoms with Gasteiger partial charge in [0.05, 0.1) is 6.33 Å². The van der Waals surface area contributed by atoms with Gasteiger partial charge in [-0.1, -0.05) is 0 Å². The molecular formula is C18H24N8O2S. The number of hydrogen-bond acceptors (Lipinski definition) is 7. The second-order valence-corrected chi connectivity index (χ2v) is 9.77. The topological polar surface area (TPSA) is 102 Å². The molecule has 2 unspecified atom stereocenters. The maximum atomic E-state index is 13.1. The third-order valence-electron chi connectivity index (χ3n) is 6.13. The molecule has 0 amide bonds. The molecule has 5 heterocycles. The maximum Gasteiger partial charge on any atom is 0.262 e. The van der Waals surface area contributed by atoms with E-state index in [0.717, 1.165) is 35.9 Å². The van der Waals surface area contributed by atoms with Crippen molar-refractivity contribution in [3.05, 3.63) is 24.7 Å². The van der Waals surface area contributed by atoms with Crippen LogP contribution in [0, 0.1) is 18.8 Å². The molecule has 3 aromatic rings. The van der Waals surface area contributed by atoms with Gasteiger partial charge >= 0.3 is 0 Å². The van der Waals surface area contributed by atoms with Gasteiger partial charge in [-0.3, -0.25) is 0 Å². The van der Waals surface area contributed by atoms with Crippen molar-refractivity contribution >= 4 is 27.0 Å². The van der Waals surface area contributed by atoms with Crippen LogP contribution >= 0.6 is 0 Å². The Kier molecular flexibility index (Phi) is 4.14. The highest BCUT2D eigenvalue weighted by atomic mass is 32.2. The van der Waals surface area contributed by atoms with Crippen molar-refractivity contribution in [1.29, 1.82) is 0 Å². The van der Waals surface area contributed by atoms with E-state index in [4.69, 9.17) is 0 Å². The largest absolute Gasteiger partial charge is 0.354 e. The molecule has 154 valence electrons. The molecule has 2 atom stereocenters. The molecule has 0 saturated carbocycles. The van der Waals surface area contributed by atoms with E-state index in [0.29, 0.717) is 19.6 Å². The van der Waals surface area contributed by atoms with Gasteiger partial charge in [-0.2, -0.15) is 4.31 Å². The fourth-order valence-corrected chi connectivity index (χ4v) is 6.09. The molecule has 0 bridgehead atoms. The first-order valence-electron chi connectivity index (χ1n) is 9.79. The van der Waals surface area contributed by atoms with Crippen molar-refractivity contribution in [3.63, 3.8) is 0 Å². The minimum atomic E-state index is -3.56. The Hall–Kier alpha value is -2.53. The number of sulfonamides is 1. The van der Waals surface area contributed by atoms with Gasteiger partial charge in [0.15, 0.2) is 22.0 Å². The first kappa shape index (κ1) is 18.5. The molecule has 0 aromatic carbocycles. The zero-order chi connectivity index (χ0) is 20.3. The minimum absolute atomic E-state index is 0.152. The first-order chi connectivity index (χ1) is 13.9. The van der Waals surface area contributed by atoms with E-state index in [1.165, 1.54) is 0 Å². The van der Waals surface area contributed by atoms with Gasteiger partial charge in [0.2, 0.25) is 0 Å². The third kappa shape index (κ3) is 2.83. The van der Waals surface area contributed by atoms with Crippen LogP contribution in [0.25, 0.3) is 11.2 Å². The summed E-state index contributed by atoms with van der Waals surface area (Å²) in [4.78, 5) is 19.7. The summed E-state index contributed by atoms with van der Waals surface area (Å²) in [6.07, 6.45) is 4.95. The van der Waals surface area contributed by atoms with Crippen LogP contribution in [-0.2, 0) is 23.6 Å². The maximum absolute atomic E-state index is 13.1. The highest BCUT2D eigenvalue weighted by molar-refractivity contribution is 7.89. The number of fused-ring (bicyclic) bond motifs is 2. The van der Waals surface area contributed by atoms with Crippen LogP contribution in [0.5, 0.6) is 0 Å². The average molecular weight is 417 g/mol. The van der Waals surface area contributed by atoms with E-state index in [9.17, 15) is 8.42 Å². The van der Waals surface area contributed by atoms with Crippen LogP contribution in [0.15, 0.2) is 23.9 Å². The fraction of sp³-hybridized carbons (Fsp3) is 0.556. The van der Waals surface area contributed by atoms with Crippen LogP contribution in [0.3, 0.4) is 0 Å². The molecule has 0 radical (unpaired) electrons. The summed E-state index contributed by atoms with van der Waals surface area (Å²) in [5, 5.41) is 0.152. The SMILES string of the molecule is CCn1cc(S(=O)(=O)N2CC3CN(c4ncnc5c4ncn5C)CC3C2)nc1C. The third-order valence-corrected chi connectivity index (χ3v) is 7.83. The van der Waals surface area contributed by atoms with E-state index in [1.807, 2.05) is 30.0 Å². The molecule has 0 aliphatic carbocycles. The van der Waals surface area contributed by atoms with Gasteiger partial charge in [-0.25, -0.2) is 28.4 Å². The summed E-state index contributed by atoms with van der Waals surface area (Å²) in [6, 6.07) is 0. The molecular weight excluding hydrogens is 392 g/mol. The van der Waals surface area contributed by atoms with Gasteiger partial charge in [0.1, 0.15) is 12.2 Å². The molecule has 2 saturated heterocycles. The van der Waals surface area contributed by atoms with Crippen LogP contribution in [0.2, 0.25) is 0 Å². The molecule has 11 heteroatoms. The summed E-state index contributed by atoms with van der Waals surface area (Å²) < 4.78 is 31.5. The predicted molar refractivity (Wildman–Crippen MR) is 107 cm³/mol. The zero-order valence-electron chi connectivity index (χ0n) is 16.7. The summed E-state index contributed by atoms with van der Waals surface area (Å²) >= 11 is 0. The van der Waals surface area contributed by atoms with Crippen molar-refractivity contribution in [2.45, 2.75) is 25.4 Å². The molecule has 10 nitrogen and oxygen atoms in total. The average Bonchev–Trinajstić information content (AvgIpc) is 3.44. The Morgan fingerprint density at radius 3 is 2.48 bits per heavy atom. The zero-order valence-corrected chi connectivity index (χ0v) is 17.5. The van der Waals surface area contributed by atoms with Crippen LogP contribution in [-0.4, -0.2) is 68.0 Å². The summed E-state index contributed by atoms with van der Waals surface area (Å²) in [6.45, 7) is 7.07. The van der Waals surface area contributed by atoms with E-state index < -0.39 is 10.0 Å². The molecule has 29 heavy (non-hydrogen) atoms. The Morgan fingerprint density at radius 2 is 1.83 bits per heavy atom. The van der Waals surface area contributed by atoms with Crippen molar-refractivity contribution in [3.8, 4) is 0 Å². The smallest absolute Gasteiger partial charge is 0.262 e. The van der Waals surface area contributed by atoms with Crippen molar-refractivity contribution in [1.82, 2.24) is 33.4 Å². The Labute approximate surface area is 169 Å². The standard InChI is InChI=1S/C18H24N8O2S/c1-4-24-9-15(22-12(24)2)29(27,28)26-7-13-5-25(6-14(13)8-26)18-16-17(19-10-20-18)23(3)11-21-16/h9-11,13-14H,4-8H2,1-3H3. The summed E-state index contributed by atoms with van der Waals surface area (Å²) in [7, 11) is -1.65. The molecule has 2 fully saturated rings. The van der Waals surface area contributed by atoms with Gasteiger partial charge < -0.3 is 14.0 Å². The lowest BCUT2D eigenvalue weighted by Gasteiger charge is -2.21. The van der Waals surface area contributed by atoms with Crippen LogP contribution in [0.1, 0.15) is 12.7 Å². The number of nitrogens with zero attached hydrogens (tertiary/aromatic N) is 8. The van der Waals surface area contributed by atoms with Gasteiger partial charge in [0, 0.05) is 46.0 Å². The predicted octanol–water partition coefficient (Wildman–Crippen LogP) is 0.645. The second-order valence-electron chi connectivity index (χ2n) is 7.88. The molecule has 3 aromatic heterocycles. The Bertz CT molecular complexity index is 1170. The number of imidazole rings is 2. The molecule has 2 aliphatic heterocycles. The quantitative estimate of drug-likeness (QED) is 0.615. The molecule has 0 spiro atoms. The van der Waals surface area contributed by atoms with Crippen LogP contribution < -0.4 is 4.90 Å². The molecule has 5 rings (SSSR count). The lowest BCUT2D eigenvalue weighted by Crippen LogP contribution is -2.33. The van der Waals surface area contributed by atoms with Gasteiger partial charge in [-0.15, -0.1) is 0 Å². The van der Waals surface area contributed by atoms with Gasteiger partial charge in [-0.05, 0) is 25.7 Å². The van der Waals surface area contributed by atoms with E-state index >= 15 is 0 Å². The Balaban J connectivity index is 1.35. The summed E-state index contributed by atoms with van der Waals surface area (Å²) in [5.74, 6) is 2.09. The van der Waals surface area contributed by atoms with Crippen LogP contribution in [0.4, 0.5) is 5.82 Å². The minimum Gasteiger partial charge on any atom is -0.354 e. The first-order valence-corrected chi connectivity index (χ1v) is 11.2. The van der Waals surface area contributed by atoms with Crippen molar-refractivity contribution in [2.24, 2.45) is 18.9 Å². The number of anilines is 1. The second kappa shape index (κ2) is 6.49. The highest BCUT2D eigenvalue weighted by Crippen LogP contribution is 2.37. The lowest BCUT2D eigenvalue weighted by molar-refractivity contribution is 0.451. The lowest BCUT2D eigenvalue weighted by atomic mass is 10.0. The number of aryl methyl sites for hydroxylation is 3. The van der Waals surface area contributed by atoms with E-state index in [-0.39, 0.29) is 16.9 Å². The Morgan fingerprint density at radius 1 is 1.10 bits per heavy atom. The van der Waals surface area contributed by atoms with E-state index in [1.54, 1.807) is 23.2 Å². The monoisotopic (exact) mass is 416 g/mol. The normalized spacial score (nSPS) is 22.7. The molecule has 2 aliphatic rings. The molecule has 0 N–H and O–H groups in total. The summed E-state index contributed by atoms with van der Waals surface area (Å²) in [5.41, 5.74) is 1.60. The van der Waals surface area contributed by atoms with Gasteiger partial charge in [0.25, 0.3) is 10.0 Å². The number of hydrogen-bond donors (Lipinski definition) is 0. The number of aromatic nitrogens is 6. The van der Waals surface area contributed by atoms with E-state index in [2.05, 4.69) is 24.8 Å². The fourth-order valence-electron chi connectivity index (χ4n) is 4.54. The van der Waals surface area contributed by atoms with Crippen molar-refractivity contribution in [2.75, 3.05) is 31.1 Å².